The van der Waals surface area contributed by atoms with E-state index in [-0.39, 0.29) is 28.6 Å². The van der Waals surface area contributed by atoms with Crippen molar-refractivity contribution in [1.82, 2.24) is 4.72 Å². The van der Waals surface area contributed by atoms with Crippen LogP contribution in [0, 0.1) is 5.41 Å². The molecule has 1 N–H and O–H groups in total. The second-order valence-electron chi connectivity index (χ2n) is 8.06. The summed E-state index contributed by atoms with van der Waals surface area (Å²) in [4.78, 5) is 12.4. The second-order valence-corrected chi connectivity index (χ2v) is 11.6. The maximum atomic E-state index is 13.1. The van der Waals surface area contributed by atoms with Gasteiger partial charge in [0.15, 0.2) is 11.5 Å². The Labute approximate surface area is 193 Å². The summed E-state index contributed by atoms with van der Waals surface area (Å²) in [5, 5.41) is 0. The number of nitrogens with one attached hydrogen (secondary N) is 1. The summed E-state index contributed by atoms with van der Waals surface area (Å²) < 4.78 is 70.1. The molecule has 0 atom stereocenters. The lowest BCUT2D eigenvalue weighted by Crippen LogP contribution is -2.33. The van der Waals surface area contributed by atoms with Gasteiger partial charge in [-0.25, -0.2) is 25.9 Å². The van der Waals surface area contributed by atoms with Gasteiger partial charge in [-0.3, -0.25) is 4.79 Å². The molecule has 180 valence electrons. The quantitative estimate of drug-likeness (QED) is 0.584. The van der Waals surface area contributed by atoms with E-state index in [1.165, 1.54) is 47.3 Å². The summed E-state index contributed by atoms with van der Waals surface area (Å²) >= 11 is 0. The molecule has 1 fully saturated rings. The summed E-state index contributed by atoms with van der Waals surface area (Å²) in [6.45, 7) is 2.97. The molecular formula is C21H26N2O8S2. The van der Waals surface area contributed by atoms with Crippen LogP contribution in [0.25, 0.3) is 0 Å². The molecule has 1 heterocycles. The molecule has 0 radical (unpaired) electrons. The summed E-state index contributed by atoms with van der Waals surface area (Å²) in [5.74, 6) is -0.0620. The highest BCUT2D eigenvalue weighted by atomic mass is 32.2. The molecule has 0 bridgehead atoms. The molecule has 12 heteroatoms. The molecule has 0 spiro atoms. The number of hydrogen-bond acceptors (Lipinski definition) is 8. The van der Waals surface area contributed by atoms with E-state index in [2.05, 4.69) is 4.72 Å². The number of ether oxygens (including phenoxy) is 3. The van der Waals surface area contributed by atoms with Crippen LogP contribution >= 0.6 is 0 Å². The lowest BCUT2D eigenvalue weighted by Gasteiger charge is -2.19. The van der Waals surface area contributed by atoms with Crippen molar-refractivity contribution < 1.29 is 35.8 Å². The third kappa shape index (κ3) is 4.77. The van der Waals surface area contributed by atoms with Gasteiger partial charge in [-0.1, -0.05) is 6.07 Å². The number of hydrogen-bond donors (Lipinski definition) is 1. The fourth-order valence-electron chi connectivity index (χ4n) is 3.51. The molecular weight excluding hydrogens is 472 g/mol. The molecule has 0 aliphatic carbocycles. The normalized spacial score (nSPS) is 17.1. The monoisotopic (exact) mass is 498 g/mol. The molecule has 2 aromatic carbocycles. The van der Waals surface area contributed by atoms with Crippen LogP contribution in [0.5, 0.6) is 17.2 Å². The highest BCUT2D eigenvalue weighted by molar-refractivity contribution is 7.94. The highest BCUT2D eigenvalue weighted by Crippen LogP contribution is 2.38. The van der Waals surface area contributed by atoms with E-state index in [1.807, 2.05) is 0 Å². The third-order valence-electron chi connectivity index (χ3n) is 5.17. The van der Waals surface area contributed by atoms with Crippen LogP contribution in [0.1, 0.15) is 19.4 Å². The van der Waals surface area contributed by atoms with Gasteiger partial charge in [-0.15, -0.1) is 0 Å². The average Bonchev–Trinajstić information content (AvgIpc) is 2.93. The number of benzene rings is 2. The van der Waals surface area contributed by atoms with E-state index in [0.717, 1.165) is 6.07 Å². The van der Waals surface area contributed by atoms with Gasteiger partial charge in [0, 0.05) is 6.54 Å². The summed E-state index contributed by atoms with van der Waals surface area (Å²) in [7, 11) is -3.84. The van der Waals surface area contributed by atoms with Gasteiger partial charge < -0.3 is 14.2 Å². The molecule has 3 rings (SSSR count). The van der Waals surface area contributed by atoms with Crippen LogP contribution in [0.15, 0.2) is 41.3 Å². The van der Waals surface area contributed by atoms with Crippen LogP contribution in [-0.2, 0) is 31.4 Å². The predicted octanol–water partition coefficient (Wildman–Crippen LogP) is 1.89. The summed E-state index contributed by atoms with van der Waals surface area (Å²) in [6.07, 6.45) is 0. The van der Waals surface area contributed by atoms with Crippen LogP contribution < -0.4 is 23.2 Å². The lowest BCUT2D eigenvalue weighted by molar-refractivity contribution is -0.123. The zero-order valence-corrected chi connectivity index (χ0v) is 20.5. The second kappa shape index (κ2) is 8.84. The summed E-state index contributed by atoms with van der Waals surface area (Å²) in [6, 6.07) is 8.72. The predicted molar refractivity (Wildman–Crippen MR) is 122 cm³/mol. The highest BCUT2D eigenvalue weighted by Gasteiger charge is 2.50. The third-order valence-corrected chi connectivity index (χ3v) is 8.61. The average molecular weight is 499 g/mol. The first-order chi connectivity index (χ1) is 15.4. The fourth-order valence-corrected chi connectivity index (χ4v) is 6.81. The number of methoxy groups -OCH3 is 3. The number of sulfonamides is 2. The summed E-state index contributed by atoms with van der Waals surface area (Å²) in [5.41, 5.74) is -0.591. The van der Waals surface area contributed by atoms with Crippen LogP contribution in [0.2, 0.25) is 0 Å². The van der Waals surface area contributed by atoms with E-state index in [0.29, 0.717) is 21.4 Å². The Hall–Kier alpha value is -2.83. The smallest absolute Gasteiger partial charge is 0.247 e. The van der Waals surface area contributed by atoms with Crippen molar-refractivity contribution in [2.75, 3.05) is 31.4 Å². The molecule has 2 aromatic rings. The van der Waals surface area contributed by atoms with Gasteiger partial charge in [0.1, 0.15) is 10.6 Å². The Morgan fingerprint density at radius 1 is 0.970 bits per heavy atom. The van der Waals surface area contributed by atoms with E-state index < -0.39 is 31.4 Å². The zero-order chi connectivity index (χ0) is 24.6. The Kier molecular flexibility index (Phi) is 6.65. The first-order valence-electron chi connectivity index (χ1n) is 9.82. The number of anilines is 1. The topological polar surface area (TPSA) is 128 Å². The van der Waals surface area contributed by atoms with Crippen molar-refractivity contribution in [3.8, 4) is 17.2 Å². The zero-order valence-electron chi connectivity index (χ0n) is 18.9. The number of nitrogens with zero attached hydrogens (tertiary/aromatic N) is 1. The molecule has 0 unspecified atom stereocenters. The number of rotatable bonds is 8. The van der Waals surface area contributed by atoms with E-state index >= 15 is 0 Å². The molecule has 1 amide bonds. The minimum absolute atomic E-state index is 0.00173. The Morgan fingerprint density at radius 2 is 1.58 bits per heavy atom. The minimum Gasteiger partial charge on any atom is -0.495 e. The van der Waals surface area contributed by atoms with Crippen molar-refractivity contribution in [2.45, 2.75) is 25.3 Å². The maximum absolute atomic E-state index is 13.1. The van der Waals surface area contributed by atoms with Gasteiger partial charge in [-0.2, -0.15) is 0 Å². The minimum atomic E-state index is -4.15. The van der Waals surface area contributed by atoms with Gasteiger partial charge in [-0.05, 0) is 49.7 Å². The van der Waals surface area contributed by atoms with Crippen LogP contribution in [0.3, 0.4) is 0 Å². The van der Waals surface area contributed by atoms with Crippen molar-refractivity contribution >= 4 is 31.6 Å². The molecule has 33 heavy (non-hydrogen) atoms. The standard InChI is InChI=1S/C21H26N2O8S2/c1-21(2)13-32(25,26)23(20(21)24)15-7-9-17(30-4)19(11-15)33(27,28)22-12-14-6-8-16(29-3)18(10-14)31-5/h6-11,22H,12-13H2,1-5H3. The number of amides is 1. The van der Waals surface area contributed by atoms with Gasteiger partial charge in [0.25, 0.3) is 0 Å². The van der Waals surface area contributed by atoms with E-state index in [4.69, 9.17) is 14.2 Å². The van der Waals surface area contributed by atoms with Gasteiger partial charge in [0.05, 0.1) is 38.2 Å². The largest absolute Gasteiger partial charge is 0.495 e. The maximum Gasteiger partial charge on any atom is 0.247 e. The fraction of sp³-hybridized carbons (Fsp3) is 0.381. The van der Waals surface area contributed by atoms with Crippen molar-refractivity contribution in [3.05, 3.63) is 42.0 Å². The van der Waals surface area contributed by atoms with Gasteiger partial charge in [0.2, 0.25) is 26.0 Å². The molecule has 1 saturated heterocycles. The molecule has 1 aliphatic rings. The van der Waals surface area contributed by atoms with Crippen molar-refractivity contribution in [2.24, 2.45) is 5.41 Å². The molecule has 1 aliphatic heterocycles. The molecule has 0 saturated carbocycles. The first-order valence-corrected chi connectivity index (χ1v) is 12.9. The van der Waals surface area contributed by atoms with Gasteiger partial charge >= 0.3 is 0 Å². The molecule has 0 aromatic heterocycles. The van der Waals surface area contributed by atoms with E-state index in [1.54, 1.807) is 18.2 Å². The lowest BCUT2D eigenvalue weighted by atomic mass is 9.95. The Morgan fingerprint density at radius 3 is 2.12 bits per heavy atom. The van der Waals surface area contributed by atoms with Crippen molar-refractivity contribution in [3.63, 3.8) is 0 Å². The Balaban J connectivity index is 1.96. The molecule has 10 nitrogen and oxygen atoms in total. The van der Waals surface area contributed by atoms with E-state index in [9.17, 15) is 21.6 Å². The van der Waals surface area contributed by atoms with Crippen LogP contribution in [-0.4, -0.2) is 49.8 Å². The number of carbonyl (C=O) groups is 1. The number of carbonyl (C=O) groups excluding carboxylic acids is 1. The SMILES string of the molecule is COc1ccc(CNS(=O)(=O)c2cc(N3C(=O)C(C)(C)CS3(=O)=O)ccc2OC)cc1OC. The first kappa shape index (κ1) is 24.8. The van der Waals surface area contributed by atoms with Crippen molar-refractivity contribution in [1.29, 1.82) is 0 Å². The Bertz CT molecular complexity index is 1290. The van der Waals surface area contributed by atoms with Crippen LogP contribution in [0.4, 0.5) is 5.69 Å².